The third-order valence-corrected chi connectivity index (χ3v) is 7.01. The van der Waals surface area contributed by atoms with E-state index >= 15 is 0 Å². The van der Waals surface area contributed by atoms with Crippen molar-refractivity contribution < 1.29 is 28.6 Å². The van der Waals surface area contributed by atoms with Gasteiger partial charge in [0.2, 0.25) is 0 Å². The molecule has 0 amide bonds. The zero-order valence-electron chi connectivity index (χ0n) is 15.5. The molecule has 8 heteroatoms. The molecular formula is C19H27NO6S. The predicted molar refractivity (Wildman–Crippen MR) is 98.1 cm³/mol. The molecule has 2 saturated carbocycles. The molecule has 5 aliphatic rings. The van der Waals surface area contributed by atoms with E-state index in [4.69, 9.17) is 14.2 Å². The molecular weight excluding hydrogens is 370 g/mol. The van der Waals surface area contributed by atoms with Crippen molar-refractivity contribution in [1.29, 1.82) is 0 Å². The topological polar surface area (TPSA) is 82.1 Å². The van der Waals surface area contributed by atoms with Gasteiger partial charge in [-0.3, -0.25) is 19.3 Å². The maximum atomic E-state index is 12.3. The van der Waals surface area contributed by atoms with Crippen molar-refractivity contribution in [3.8, 4) is 0 Å². The second-order valence-electron chi connectivity index (χ2n) is 8.22. The first-order valence-corrected chi connectivity index (χ1v) is 11.0. The molecule has 4 unspecified atom stereocenters. The number of thioether (sulfide) groups is 1. The molecule has 0 aromatic rings. The van der Waals surface area contributed by atoms with Gasteiger partial charge in [0.15, 0.2) is 0 Å². The smallest absolute Gasteiger partial charge is 0.320 e. The molecule has 7 nitrogen and oxygen atoms in total. The monoisotopic (exact) mass is 397 g/mol. The first-order valence-electron chi connectivity index (χ1n) is 9.89. The molecule has 27 heavy (non-hydrogen) atoms. The summed E-state index contributed by atoms with van der Waals surface area (Å²) < 4.78 is 16.6. The maximum Gasteiger partial charge on any atom is 0.320 e. The Morgan fingerprint density at radius 2 is 1.96 bits per heavy atom. The quantitative estimate of drug-likeness (QED) is 0.491. The number of nitrogens with zero attached hydrogens (tertiary/aromatic N) is 1. The van der Waals surface area contributed by atoms with Crippen LogP contribution in [0.25, 0.3) is 0 Å². The number of fused-ring (bicyclic) bond motifs is 1. The van der Waals surface area contributed by atoms with Gasteiger partial charge in [-0.2, -0.15) is 11.8 Å². The Bertz CT molecular complexity index is 607. The molecule has 3 heterocycles. The van der Waals surface area contributed by atoms with Crippen LogP contribution in [0.1, 0.15) is 38.5 Å². The number of carbonyl (C=O) groups is 3. The molecule has 2 aliphatic carbocycles. The Morgan fingerprint density at radius 3 is 2.78 bits per heavy atom. The second-order valence-corrected chi connectivity index (χ2v) is 9.45. The van der Waals surface area contributed by atoms with Crippen molar-refractivity contribution in [3.63, 3.8) is 0 Å². The summed E-state index contributed by atoms with van der Waals surface area (Å²) in [6.45, 7) is 2.12. The van der Waals surface area contributed by atoms with Gasteiger partial charge in [0.25, 0.3) is 0 Å². The number of ether oxygens (including phenoxy) is 3. The van der Waals surface area contributed by atoms with Crippen LogP contribution in [0, 0.1) is 11.8 Å². The van der Waals surface area contributed by atoms with E-state index in [1.807, 2.05) is 11.8 Å². The Labute approximate surface area is 163 Å². The lowest BCUT2D eigenvalue weighted by molar-refractivity contribution is -0.175. The van der Waals surface area contributed by atoms with Crippen molar-refractivity contribution in [1.82, 2.24) is 4.90 Å². The van der Waals surface area contributed by atoms with E-state index in [0.29, 0.717) is 18.8 Å². The van der Waals surface area contributed by atoms with Gasteiger partial charge in [0.1, 0.15) is 18.3 Å². The van der Waals surface area contributed by atoms with Crippen LogP contribution in [0.3, 0.4) is 0 Å². The zero-order chi connectivity index (χ0) is 18.9. The van der Waals surface area contributed by atoms with E-state index in [2.05, 4.69) is 4.90 Å². The highest BCUT2D eigenvalue weighted by molar-refractivity contribution is 7.99. The molecule has 0 N–H and O–H groups in total. The van der Waals surface area contributed by atoms with E-state index in [9.17, 15) is 14.4 Å². The summed E-state index contributed by atoms with van der Waals surface area (Å²) in [7, 11) is 0. The van der Waals surface area contributed by atoms with Gasteiger partial charge in [-0.15, -0.1) is 0 Å². The van der Waals surface area contributed by atoms with Crippen molar-refractivity contribution in [2.75, 3.05) is 37.7 Å². The molecule has 3 saturated heterocycles. The number of esters is 3. The molecule has 0 spiro atoms. The highest BCUT2D eigenvalue weighted by Gasteiger charge is 2.54. The van der Waals surface area contributed by atoms with Crippen LogP contribution in [0.5, 0.6) is 0 Å². The highest BCUT2D eigenvalue weighted by Crippen LogP contribution is 2.51. The third-order valence-electron chi connectivity index (χ3n) is 6.06. The number of hydrogen-bond acceptors (Lipinski definition) is 8. The minimum atomic E-state index is -0.574. The average molecular weight is 397 g/mol. The van der Waals surface area contributed by atoms with Gasteiger partial charge >= 0.3 is 17.9 Å². The van der Waals surface area contributed by atoms with Crippen molar-refractivity contribution in [3.05, 3.63) is 0 Å². The summed E-state index contributed by atoms with van der Waals surface area (Å²) in [6, 6.07) is 0. The molecule has 0 aromatic heterocycles. The Balaban J connectivity index is 1.22. The standard InChI is InChI=1S/C19H27NO6S/c21-16(1-4-24-17(22)12-20-2-5-27-6-3-20)26-19-9-13-7-14(10-19)18(23)25-15(8-13)11-19/h13-15H,1-12H2. The maximum absolute atomic E-state index is 12.3. The van der Waals surface area contributed by atoms with Gasteiger partial charge in [0, 0.05) is 37.4 Å². The molecule has 5 rings (SSSR count). The van der Waals surface area contributed by atoms with E-state index in [-0.39, 0.29) is 49.5 Å². The van der Waals surface area contributed by atoms with Crippen LogP contribution >= 0.6 is 11.8 Å². The molecule has 4 atom stereocenters. The number of rotatable bonds is 6. The Kier molecular flexibility index (Phi) is 5.64. The molecule has 150 valence electrons. The molecule has 0 radical (unpaired) electrons. The van der Waals surface area contributed by atoms with E-state index in [1.165, 1.54) is 0 Å². The van der Waals surface area contributed by atoms with Gasteiger partial charge in [0.05, 0.1) is 18.9 Å². The number of carbonyl (C=O) groups excluding carboxylic acids is 3. The lowest BCUT2D eigenvalue weighted by Gasteiger charge is -2.45. The van der Waals surface area contributed by atoms with Crippen LogP contribution in [-0.4, -0.2) is 72.3 Å². The van der Waals surface area contributed by atoms with Crippen LogP contribution in [0.15, 0.2) is 0 Å². The van der Waals surface area contributed by atoms with Crippen molar-refractivity contribution in [2.24, 2.45) is 11.8 Å². The fraction of sp³-hybridized carbons (Fsp3) is 0.842. The lowest BCUT2D eigenvalue weighted by Crippen LogP contribution is -2.48. The van der Waals surface area contributed by atoms with Gasteiger partial charge in [-0.25, -0.2) is 0 Å². The fourth-order valence-corrected chi connectivity index (χ4v) is 6.01. The summed E-state index contributed by atoms with van der Waals surface area (Å²) in [4.78, 5) is 38.4. The minimum absolute atomic E-state index is 0.0437. The Morgan fingerprint density at radius 1 is 1.15 bits per heavy atom. The van der Waals surface area contributed by atoms with Crippen LogP contribution in [-0.2, 0) is 28.6 Å². The van der Waals surface area contributed by atoms with Crippen LogP contribution < -0.4 is 0 Å². The summed E-state index contributed by atoms with van der Waals surface area (Å²) in [5, 5.41) is 0. The summed E-state index contributed by atoms with van der Waals surface area (Å²) in [5.74, 6) is 1.54. The van der Waals surface area contributed by atoms with Gasteiger partial charge in [-0.1, -0.05) is 0 Å². The first-order chi connectivity index (χ1) is 13.0. The van der Waals surface area contributed by atoms with E-state index in [1.54, 1.807) is 0 Å². The zero-order valence-corrected chi connectivity index (χ0v) is 16.3. The first kappa shape index (κ1) is 19.1. The third kappa shape index (κ3) is 4.59. The lowest BCUT2D eigenvalue weighted by atomic mass is 9.65. The average Bonchev–Trinajstić information content (AvgIpc) is 2.76. The number of hydrogen-bond donors (Lipinski definition) is 0. The summed E-state index contributed by atoms with van der Waals surface area (Å²) in [5.41, 5.74) is -0.574. The van der Waals surface area contributed by atoms with Gasteiger partial charge < -0.3 is 14.2 Å². The van der Waals surface area contributed by atoms with Crippen molar-refractivity contribution in [2.45, 2.75) is 50.2 Å². The Hall–Kier alpha value is -1.28. The molecule has 0 aromatic carbocycles. The highest BCUT2D eigenvalue weighted by atomic mass is 32.2. The molecule has 4 bridgehead atoms. The fourth-order valence-electron chi connectivity index (χ4n) is 5.03. The van der Waals surface area contributed by atoms with E-state index < -0.39 is 5.60 Å². The van der Waals surface area contributed by atoms with Crippen LogP contribution in [0.2, 0.25) is 0 Å². The normalized spacial score (nSPS) is 35.4. The molecule has 5 fully saturated rings. The predicted octanol–water partition coefficient (Wildman–Crippen LogP) is 1.39. The summed E-state index contributed by atoms with van der Waals surface area (Å²) in [6.07, 6.45) is 3.64. The SMILES string of the molecule is O=C(CN1CCSCC1)OCCC(=O)OC12CC3CC(C1)OC(=O)C(C3)C2. The summed E-state index contributed by atoms with van der Waals surface area (Å²) >= 11 is 1.89. The van der Waals surface area contributed by atoms with Crippen molar-refractivity contribution >= 4 is 29.7 Å². The van der Waals surface area contributed by atoms with E-state index in [0.717, 1.165) is 43.9 Å². The molecule has 3 aliphatic heterocycles. The minimum Gasteiger partial charge on any atom is -0.464 e. The largest absolute Gasteiger partial charge is 0.464 e. The van der Waals surface area contributed by atoms with Crippen LogP contribution in [0.4, 0.5) is 0 Å². The van der Waals surface area contributed by atoms with Gasteiger partial charge in [-0.05, 0) is 25.2 Å². The second kappa shape index (κ2) is 7.99.